The molecule has 0 atom stereocenters. The van der Waals surface area contributed by atoms with Gasteiger partial charge in [0, 0.05) is 25.8 Å². The lowest BCUT2D eigenvalue weighted by atomic mass is 9.77. The SMILES string of the molecule is NCc1cccc(C2CCN(C(=O)c3cc4cccc(B(O)O)c4cn3)CC2)c1. The molecule has 1 aliphatic rings. The molecule has 0 unspecified atom stereocenters. The van der Waals surface area contributed by atoms with Gasteiger partial charge in [0.1, 0.15) is 5.69 Å². The molecule has 29 heavy (non-hydrogen) atoms. The van der Waals surface area contributed by atoms with Crippen LogP contribution in [0.3, 0.4) is 0 Å². The van der Waals surface area contributed by atoms with Gasteiger partial charge in [-0.15, -0.1) is 0 Å². The van der Waals surface area contributed by atoms with Gasteiger partial charge in [-0.25, -0.2) is 0 Å². The molecule has 1 amide bonds. The smallest absolute Gasteiger partial charge is 0.423 e. The fraction of sp³-hybridized carbons (Fsp3) is 0.273. The third kappa shape index (κ3) is 4.03. The highest BCUT2D eigenvalue weighted by molar-refractivity contribution is 6.61. The van der Waals surface area contributed by atoms with Crippen molar-refractivity contribution in [2.75, 3.05) is 13.1 Å². The zero-order valence-corrected chi connectivity index (χ0v) is 16.2. The number of fused-ring (bicyclic) bond motifs is 1. The first-order valence-electron chi connectivity index (χ1n) is 9.90. The van der Waals surface area contributed by atoms with Crippen LogP contribution in [-0.2, 0) is 6.54 Å². The Morgan fingerprint density at radius 2 is 1.90 bits per heavy atom. The summed E-state index contributed by atoms with van der Waals surface area (Å²) in [5.41, 5.74) is 8.94. The van der Waals surface area contributed by atoms with Crippen molar-refractivity contribution in [1.29, 1.82) is 0 Å². The maximum atomic E-state index is 13.0. The molecule has 1 fully saturated rings. The number of amides is 1. The van der Waals surface area contributed by atoms with E-state index < -0.39 is 7.12 Å². The first-order valence-corrected chi connectivity index (χ1v) is 9.90. The summed E-state index contributed by atoms with van der Waals surface area (Å²) in [6.07, 6.45) is 3.37. The van der Waals surface area contributed by atoms with E-state index in [2.05, 4.69) is 17.1 Å². The van der Waals surface area contributed by atoms with Gasteiger partial charge in [0.2, 0.25) is 0 Å². The summed E-state index contributed by atoms with van der Waals surface area (Å²) in [5.74, 6) is 0.347. The molecular formula is C22H24BN3O3. The monoisotopic (exact) mass is 389 g/mol. The molecule has 0 radical (unpaired) electrons. The molecule has 7 heteroatoms. The van der Waals surface area contributed by atoms with Crippen LogP contribution in [0.1, 0.15) is 40.4 Å². The molecule has 0 aliphatic carbocycles. The van der Waals surface area contributed by atoms with Crippen LogP contribution in [0.4, 0.5) is 0 Å². The van der Waals surface area contributed by atoms with E-state index in [0.717, 1.165) is 23.8 Å². The van der Waals surface area contributed by atoms with Gasteiger partial charge in [-0.2, -0.15) is 0 Å². The highest BCUT2D eigenvalue weighted by Gasteiger charge is 2.26. The predicted molar refractivity (Wildman–Crippen MR) is 114 cm³/mol. The van der Waals surface area contributed by atoms with Crippen LogP contribution in [0.5, 0.6) is 0 Å². The number of likely N-dealkylation sites (tertiary alicyclic amines) is 1. The molecule has 2 heterocycles. The van der Waals surface area contributed by atoms with Crippen molar-refractivity contribution in [3.8, 4) is 0 Å². The van der Waals surface area contributed by atoms with Crippen LogP contribution in [0.15, 0.2) is 54.7 Å². The third-order valence-corrected chi connectivity index (χ3v) is 5.74. The van der Waals surface area contributed by atoms with Gasteiger partial charge < -0.3 is 20.7 Å². The van der Waals surface area contributed by atoms with E-state index in [1.165, 1.54) is 5.56 Å². The predicted octanol–water partition coefficient (Wildman–Crippen LogP) is 1.39. The Hall–Kier alpha value is -2.74. The summed E-state index contributed by atoms with van der Waals surface area (Å²) in [6.45, 7) is 1.91. The second-order valence-electron chi connectivity index (χ2n) is 7.53. The summed E-state index contributed by atoms with van der Waals surface area (Å²) in [4.78, 5) is 19.1. The van der Waals surface area contributed by atoms with E-state index in [-0.39, 0.29) is 5.91 Å². The lowest BCUT2D eigenvalue weighted by Crippen LogP contribution is -2.38. The summed E-state index contributed by atoms with van der Waals surface area (Å²) in [6, 6.07) is 15.3. The first-order chi connectivity index (χ1) is 14.1. The van der Waals surface area contributed by atoms with Crippen LogP contribution < -0.4 is 11.2 Å². The Morgan fingerprint density at radius 1 is 1.14 bits per heavy atom. The second-order valence-corrected chi connectivity index (χ2v) is 7.53. The fourth-order valence-corrected chi connectivity index (χ4v) is 4.09. The van der Waals surface area contributed by atoms with Crippen LogP contribution in [0, 0.1) is 0 Å². The molecular weight excluding hydrogens is 365 g/mol. The average Bonchev–Trinajstić information content (AvgIpc) is 2.77. The molecule has 1 saturated heterocycles. The molecule has 1 aromatic heterocycles. The Morgan fingerprint density at radius 3 is 2.62 bits per heavy atom. The molecule has 0 bridgehead atoms. The van der Waals surface area contributed by atoms with E-state index in [0.29, 0.717) is 42.1 Å². The first kappa shape index (κ1) is 19.6. The summed E-state index contributed by atoms with van der Waals surface area (Å²) >= 11 is 0. The number of carbonyl (C=O) groups is 1. The molecule has 0 spiro atoms. The van der Waals surface area contributed by atoms with Crippen molar-refractivity contribution in [2.45, 2.75) is 25.3 Å². The Bertz CT molecular complexity index is 1030. The molecule has 3 aromatic rings. The molecule has 4 N–H and O–H groups in total. The lowest BCUT2D eigenvalue weighted by molar-refractivity contribution is 0.0707. The van der Waals surface area contributed by atoms with Gasteiger partial charge in [-0.1, -0.05) is 42.5 Å². The van der Waals surface area contributed by atoms with Crippen molar-refractivity contribution < 1.29 is 14.8 Å². The van der Waals surface area contributed by atoms with Gasteiger partial charge in [0.15, 0.2) is 0 Å². The molecule has 0 saturated carbocycles. The number of hydrogen-bond acceptors (Lipinski definition) is 5. The number of piperidine rings is 1. The van der Waals surface area contributed by atoms with Crippen LogP contribution >= 0.6 is 0 Å². The number of hydrogen-bond donors (Lipinski definition) is 3. The van der Waals surface area contributed by atoms with E-state index in [1.54, 1.807) is 24.4 Å². The minimum Gasteiger partial charge on any atom is -0.423 e. The van der Waals surface area contributed by atoms with Gasteiger partial charge in [-0.3, -0.25) is 9.78 Å². The van der Waals surface area contributed by atoms with Crippen molar-refractivity contribution in [3.63, 3.8) is 0 Å². The summed E-state index contributed by atoms with van der Waals surface area (Å²) < 4.78 is 0. The van der Waals surface area contributed by atoms with Crippen molar-refractivity contribution >= 4 is 29.3 Å². The minimum absolute atomic E-state index is 0.0870. The highest BCUT2D eigenvalue weighted by atomic mass is 16.4. The topological polar surface area (TPSA) is 99.7 Å². The maximum absolute atomic E-state index is 13.0. The molecule has 148 valence electrons. The standard InChI is InChI=1S/C22H24BN3O3/c24-13-15-3-1-4-17(11-15)16-7-9-26(10-8-16)22(27)21-12-18-5-2-6-20(23(28)29)19(18)14-25-21/h1-6,11-12,14,16,28-29H,7-10,13,24H2. The van der Waals surface area contributed by atoms with Crippen LogP contribution in [-0.4, -0.2) is 46.0 Å². The second kappa shape index (κ2) is 8.33. The Balaban J connectivity index is 1.48. The Kier molecular flexibility index (Phi) is 5.62. The number of pyridine rings is 1. The van der Waals surface area contributed by atoms with Gasteiger partial charge in [0.25, 0.3) is 5.91 Å². The van der Waals surface area contributed by atoms with E-state index in [1.807, 2.05) is 23.1 Å². The fourth-order valence-electron chi connectivity index (χ4n) is 4.09. The lowest BCUT2D eigenvalue weighted by Gasteiger charge is -2.32. The number of carbonyl (C=O) groups excluding carboxylic acids is 1. The van der Waals surface area contributed by atoms with Crippen LogP contribution in [0.2, 0.25) is 0 Å². The Labute approximate surface area is 170 Å². The van der Waals surface area contributed by atoms with Crippen molar-refractivity contribution in [2.24, 2.45) is 5.73 Å². The minimum atomic E-state index is -1.57. The summed E-state index contributed by atoms with van der Waals surface area (Å²) in [5, 5.41) is 20.4. The van der Waals surface area contributed by atoms with Crippen molar-refractivity contribution in [1.82, 2.24) is 9.88 Å². The number of nitrogens with two attached hydrogens (primary N) is 1. The van der Waals surface area contributed by atoms with E-state index in [9.17, 15) is 14.8 Å². The zero-order chi connectivity index (χ0) is 20.4. The number of aromatic nitrogens is 1. The van der Waals surface area contributed by atoms with Gasteiger partial charge in [0.05, 0.1) is 0 Å². The van der Waals surface area contributed by atoms with E-state index in [4.69, 9.17) is 5.73 Å². The quantitative estimate of drug-likeness (QED) is 0.586. The van der Waals surface area contributed by atoms with Crippen molar-refractivity contribution in [3.05, 3.63) is 71.5 Å². The number of rotatable bonds is 4. The van der Waals surface area contributed by atoms with Gasteiger partial charge in [-0.05, 0) is 52.2 Å². The third-order valence-electron chi connectivity index (χ3n) is 5.74. The summed E-state index contributed by atoms with van der Waals surface area (Å²) in [7, 11) is -1.57. The molecule has 2 aromatic carbocycles. The highest BCUT2D eigenvalue weighted by Crippen LogP contribution is 2.29. The van der Waals surface area contributed by atoms with E-state index >= 15 is 0 Å². The largest absolute Gasteiger partial charge is 0.489 e. The average molecular weight is 389 g/mol. The van der Waals surface area contributed by atoms with Crippen LogP contribution in [0.25, 0.3) is 10.8 Å². The number of benzene rings is 2. The molecule has 6 nitrogen and oxygen atoms in total. The number of nitrogens with zero attached hydrogens (tertiary/aromatic N) is 2. The normalized spacial score (nSPS) is 14.9. The molecule has 4 rings (SSSR count). The van der Waals surface area contributed by atoms with Gasteiger partial charge >= 0.3 is 7.12 Å². The zero-order valence-electron chi connectivity index (χ0n) is 16.2. The maximum Gasteiger partial charge on any atom is 0.489 e. The molecule has 1 aliphatic heterocycles.